The van der Waals surface area contributed by atoms with Gasteiger partial charge in [0.15, 0.2) is 0 Å². The lowest BCUT2D eigenvalue weighted by Gasteiger charge is -2.43. The lowest BCUT2D eigenvalue weighted by molar-refractivity contribution is -0.00603. The maximum atomic E-state index is 14.6. The minimum absolute atomic E-state index is 0.173. The Morgan fingerprint density at radius 2 is 2.06 bits per heavy atom. The number of aromatic nitrogens is 2. The van der Waals surface area contributed by atoms with Crippen molar-refractivity contribution in [3.8, 4) is 17.0 Å². The summed E-state index contributed by atoms with van der Waals surface area (Å²) in [7, 11) is 0. The average Bonchev–Trinajstić information content (AvgIpc) is 3.41. The second kappa shape index (κ2) is 6.03. The number of nitrogens with zero attached hydrogens (tertiary/aromatic N) is 3. The van der Waals surface area contributed by atoms with Crippen LogP contribution < -0.4 is 15.0 Å². The minimum Gasteiger partial charge on any atom is -0.490 e. The normalized spacial score (nSPS) is 29.8. The molecule has 0 radical (unpaired) electrons. The van der Waals surface area contributed by atoms with E-state index in [0.29, 0.717) is 29.1 Å². The Labute approximate surface area is 176 Å². The molecule has 2 N–H and O–H groups in total. The third kappa shape index (κ3) is 2.57. The summed E-state index contributed by atoms with van der Waals surface area (Å²) in [5.74, 6) is -2.26. The monoisotopic (exact) mass is 430 g/mol. The van der Waals surface area contributed by atoms with E-state index in [2.05, 4.69) is 15.3 Å². The lowest BCUT2D eigenvalue weighted by atomic mass is 9.92. The first kappa shape index (κ1) is 18.7. The quantitative estimate of drug-likeness (QED) is 0.753. The summed E-state index contributed by atoms with van der Waals surface area (Å²) in [6.45, 7) is 2.53. The second-order valence-corrected chi connectivity index (χ2v) is 8.65. The molecule has 4 aliphatic rings. The van der Waals surface area contributed by atoms with Crippen LogP contribution in [0.25, 0.3) is 11.3 Å². The number of cyclic esters (lactones) is 1. The van der Waals surface area contributed by atoms with Crippen LogP contribution in [0, 0.1) is 0 Å². The van der Waals surface area contributed by atoms with Gasteiger partial charge in [-0.2, -0.15) is 8.78 Å². The summed E-state index contributed by atoms with van der Waals surface area (Å²) < 4.78 is 40.1. The summed E-state index contributed by atoms with van der Waals surface area (Å²) >= 11 is 0. The summed E-state index contributed by atoms with van der Waals surface area (Å²) in [5.41, 5.74) is 1.36. The van der Waals surface area contributed by atoms with Crippen molar-refractivity contribution in [3.63, 3.8) is 0 Å². The van der Waals surface area contributed by atoms with Gasteiger partial charge < -0.3 is 24.8 Å². The highest BCUT2D eigenvalue weighted by Gasteiger charge is 2.48. The van der Waals surface area contributed by atoms with Crippen molar-refractivity contribution in [2.45, 2.75) is 43.4 Å². The van der Waals surface area contributed by atoms with E-state index in [-0.39, 0.29) is 43.7 Å². The number of hydrogen-bond donors (Lipinski definition) is 2. The number of hydrogen-bond acceptors (Lipinski definition) is 7. The number of carbonyl (C=O) groups is 1. The molecule has 1 aromatic carbocycles. The molecule has 2 aromatic rings. The van der Waals surface area contributed by atoms with Gasteiger partial charge in [-0.05, 0) is 19.4 Å². The van der Waals surface area contributed by atoms with Crippen LogP contribution in [-0.4, -0.2) is 53.1 Å². The molecule has 0 saturated carbocycles. The Morgan fingerprint density at radius 3 is 2.77 bits per heavy atom. The molecule has 1 aliphatic carbocycles. The van der Waals surface area contributed by atoms with Crippen molar-refractivity contribution in [2.75, 3.05) is 24.7 Å². The van der Waals surface area contributed by atoms with Gasteiger partial charge in [0.2, 0.25) is 5.95 Å². The van der Waals surface area contributed by atoms with Gasteiger partial charge in [0, 0.05) is 29.7 Å². The second-order valence-electron chi connectivity index (χ2n) is 8.65. The molecule has 0 bridgehead atoms. The van der Waals surface area contributed by atoms with Gasteiger partial charge in [-0.3, -0.25) is 0 Å². The van der Waals surface area contributed by atoms with Crippen molar-refractivity contribution < 1.29 is 28.2 Å². The first-order valence-corrected chi connectivity index (χ1v) is 10.2. The number of benzene rings is 1. The number of amides is 1. The molecular formula is C21H20F2N4O4. The van der Waals surface area contributed by atoms with E-state index < -0.39 is 23.7 Å². The number of aliphatic hydroxyl groups is 1. The first-order chi connectivity index (χ1) is 14.8. The zero-order valence-electron chi connectivity index (χ0n) is 16.7. The Balaban J connectivity index is 1.45. The Hall–Kier alpha value is -3.01. The molecule has 31 heavy (non-hydrogen) atoms. The third-order valence-corrected chi connectivity index (χ3v) is 6.76. The number of halogens is 2. The van der Waals surface area contributed by atoms with Gasteiger partial charge in [0.25, 0.3) is 5.92 Å². The number of alkyl halides is 2. The van der Waals surface area contributed by atoms with Gasteiger partial charge in [-0.25, -0.2) is 14.8 Å². The first-order valence-electron chi connectivity index (χ1n) is 10.2. The van der Waals surface area contributed by atoms with Crippen molar-refractivity contribution in [1.29, 1.82) is 0 Å². The van der Waals surface area contributed by atoms with E-state index in [1.807, 2.05) is 13.0 Å². The van der Waals surface area contributed by atoms with Crippen molar-refractivity contribution >= 4 is 12.0 Å². The van der Waals surface area contributed by atoms with Crippen LogP contribution in [0.3, 0.4) is 0 Å². The number of nitrogens with one attached hydrogen (secondary N) is 1. The number of β-amino-alcohol motifs (C(OH)–C–C–N with tert-alkyl or cyclic N) is 1. The van der Waals surface area contributed by atoms with Crippen molar-refractivity contribution in [3.05, 3.63) is 35.0 Å². The van der Waals surface area contributed by atoms with E-state index in [9.17, 15) is 18.7 Å². The van der Waals surface area contributed by atoms with Crippen LogP contribution in [-0.2, 0) is 22.6 Å². The van der Waals surface area contributed by atoms with Crippen LogP contribution >= 0.6 is 0 Å². The fourth-order valence-electron chi connectivity index (χ4n) is 4.78. The largest absolute Gasteiger partial charge is 0.490 e. The van der Waals surface area contributed by atoms with Gasteiger partial charge >= 0.3 is 6.09 Å². The number of rotatable bonds is 2. The highest BCUT2D eigenvalue weighted by molar-refractivity contribution is 5.74. The molecule has 4 heterocycles. The van der Waals surface area contributed by atoms with E-state index in [1.54, 1.807) is 17.0 Å². The number of carbonyl (C=O) groups excluding carboxylic acids is 1. The number of aliphatic hydroxyl groups excluding tert-OH is 1. The Morgan fingerprint density at radius 1 is 1.26 bits per heavy atom. The fraction of sp³-hybridized carbons (Fsp3) is 0.476. The van der Waals surface area contributed by atoms with Crippen molar-refractivity contribution in [1.82, 2.24) is 15.3 Å². The van der Waals surface area contributed by atoms with Crippen LogP contribution in [0.15, 0.2) is 18.2 Å². The molecule has 10 heteroatoms. The molecule has 1 unspecified atom stereocenters. The average molecular weight is 430 g/mol. The maximum Gasteiger partial charge on any atom is 0.408 e. The van der Waals surface area contributed by atoms with E-state index in [0.717, 1.165) is 5.56 Å². The highest BCUT2D eigenvalue weighted by atomic mass is 19.3. The van der Waals surface area contributed by atoms with Gasteiger partial charge in [0.05, 0.1) is 17.8 Å². The number of alkyl carbamates (subject to hydrolysis) is 1. The molecular weight excluding hydrogens is 410 g/mol. The van der Waals surface area contributed by atoms with Gasteiger partial charge in [0.1, 0.15) is 30.2 Å². The summed E-state index contributed by atoms with van der Waals surface area (Å²) in [6.07, 6.45) is -1.15. The standard InChI is InChI=1S/C21H20F2N4O4/c1-10-14(28)7-27(10)18-24-16(12-4-5-21(22,23)17(12)25-18)11-2-3-13-15(6-11)30-8-20(13)9-31-19(29)26-20/h2-3,6,10,14,28H,4-5,7-9H2,1H3,(H,26,29)/t10-,14+,20?/m0/s1. The number of fused-ring (bicyclic) bond motifs is 3. The molecule has 2 fully saturated rings. The van der Waals surface area contributed by atoms with Gasteiger partial charge in [-0.15, -0.1) is 0 Å². The lowest BCUT2D eigenvalue weighted by Crippen LogP contribution is -2.59. The fourth-order valence-corrected chi connectivity index (χ4v) is 4.78. The van der Waals surface area contributed by atoms with Crippen LogP contribution in [0.2, 0.25) is 0 Å². The Bertz CT molecular complexity index is 1130. The van der Waals surface area contributed by atoms with Crippen LogP contribution in [0.4, 0.5) is 19.5 Å². The molecule has 1 amide bonds. The molecule has 6 rings (SSSR count). The summed E-state index contributed by atoms with van der Waals surface area (Å²) in [4.78, 5) is 22.1. The highest BCUT2D eigenvalue weighted by Crippen LogP contribution is 2.47. The molecule has 2 saturated heterocycles. The third-order valence-electron chi connectivity index (χ3n) is 6.76. The predicted molar refractivity (Wildman–Crippen MR) is 104 cm³/mol. The SMILES string of the molecule is C[C@H]1[C@H](O)CN1c1nc(-c2ccc3c(c2)OCC32COC(=O)N2)c2c(n1)C(F)(F)CC2. The van der Waals surface area contributed by atoms with E-state index >= 15 is 0 Å². The van der Waals surface area contributed by atoms with Crippen LogP contribution in [0.5, 0.6) is 5.75 Å². The molecule has 3 aliphatic heterocycles. The predicted octanol–water partition coefficient (Wildman–Crippen LogP) is 2.08. The number of anilines is 1. The smallest absolute Gasteiger partial charge is 0.408 e. The zero-order chi connectivity index (χ0) is 21.5. The topological polar surface area (TPSA) is 96.8 Å². The molecule has 3 atom stereocenters. The zero-order valence-corrected chi connectivity index (χ0v) is 16.7. The summed E-state index contributed by atoms with van der Waals surface area (Å²) in [6, 6.07) is 5.15. The van der Waals surface area contributed by atoms with Gasteiger partial charge in [-0.1, -0.05) is 12.1 Å². The number of ether oxygens (including phenoxy) is 2. The molecule has 1 spiro atoms. The summed E-state index contributed by atoms with van der Waals surface area (Å²) in [5, 5.41) is 12.7. The van der Waals surface area contributed by atoms with E-state index in [4.69, 9.17) is 9.47 Å². The molecule has 162 valence electrons. The Kier molecular flexibility index (Phi) is 3.64. The van der Waals surface area contributed by atoms with Crippen molar-refractivity contribution in [2.24, 2.45) is 0 Å². The van der Waals surface area contributed by atoms with Crippen LogP contribution in [0.1, 0.15) is 30.2 Å². The minimum atomic E-state index is -3.02. The molecule has 8 nitrogen and oxygen atoms in total. The van der Waals surface area contributed by atoms with E-state index in [1.165, 1.54) is 0 Å². The molecule has 1 aromatic heterocycles. The maximum absolute atomic E-state index is 14.6.